The van der Waals surface area contributed by atoms with Gasteiger partial charge in [-0.05, 0) is 23.6 Å². The first-order chi connectivity index (χ1) is 8.11. The fraction of sp³-hybridized carbons (Fsp3) is 0.385. The number of benzene rings is 1. The zero-order valence-electron chi connectivity index (χ0n) is 9.90. The smallest absolute Gasteiger partial charge is 0.230 e. The van der Waals surface area contributed by atoms with Gasteiger partial charge < -0.3 is 4.74 Å². The molecule has 90 valence electrons. The third kappa shape index (κ3) is 2.30. The summed E-state index contributed by atoms with van der Waals surface area (Å²) < 4.78 is 5.15. The van der Waals surface area contributed by atoms with E-state index in [1.165, 1.54) is 0 Å². The lowest BCUT2D eigenvalue weighted by Crippen LogP contribution is -2.24. The molecule has 1 aliphatic rings. The van der Waals surface area contributed by atoms with E-state index in [0.717, 1.165) is 11.3 Å². The number of ether oxygens (including phenoxy) is 1. The normalized spacial score (nSPS) is 21.2. The summed E-state index contributed by atoms with van der Waals surface area (Å²) >= 11 is 0. The molecule has 2 amide bonds. The number of hydrogen-bond acceptors (Lipinski definition) is 3. The van der Waals surface area contributed by atoms with Crippen molar-refractivity contribution in [2.24, 2.45) is 5.92 Å². The van der Waals surface area contributed by atoms with Gasteiger partial charge in [0.05, 0.1) is 13.0 Å². The molecule has 1 aliphatic heterocycles. The minimum Gasteiger partial charge on any atom is -0.497 e. The fourth-order valence-electron chi connectivity index (χ4n) is 2.13. The van der Waals surface area contributed by atoms with E-state index in [4.69, 9.17) is 4.74 Å². The number of imide groups is 1. The molecule has 2 unspecified atom stereocenters. The van der Waals surface area contributed by atoms with Crippen LogP contribution in [-0.4, -0.2) is 18.9 Å². The number of methoxy groups -OCH3 is 1. The zero-order valence-corrected chi connectivity index (χ0v) is 9.90. The monoisotopic (exact) mass is 233 g/mol. The van der Waals surface area contributed by atoms with Crippen LogP contribution in [0.5, 0.6) is 5.75 Å². The van der Waals surface area contributed by atoms with E-state index in [2.05, 4.69) is 5.32 Å². The van der Waals surface area contributed by atoms with Crippen LogP contribution in [0.4, 0.5) is 0 Å². The molecule has 1 aromatic rings. The van der Waals surface area contributed by atoms with Crippen molar-refractivity contribution in [1.82, 2.24) is 5.32 Å². The third-order valence-corrected chi connectivity index (χ3v) is 3.23. The van der Waals surface area contributed by atoms with E-state index < -0.39 is 0 Å². The highest BCUT2D eigenvalue weighted by Gasteiger charge is 2.35. The van der Waals surface area contributed by atoms with Gasteiger partial charge in [-0.15, -0.1) is 0 Å². The molecular formula is C13H15NO3. The Balaban J connectivity index is 2.21. The minimum absolute atomic E-state index is 0.0107. The summed E-state index contributed by atoms with van der Waals surface area (Å²) in [6, 6.07) is 7.60. The van der Waals surface area contributed by atoms with E-state index in [-0.39, 0.29) is 30.1 Å². The number of carbonyl (C=O) groups excluding carboxylic acids is 2. The third-order valence-electron chi connectivity index (χ3n) is 3.23. The highest BCUT2D eigenvalue weighted by Crippen LogP contribution is 2.31. The van der Waals surface area contributed by atoms with E-state index in [1.807, 2.05) is 31.2 Å². The maximum absolute atomic E-state index is 11.6. The summed E-state index contributed by atoms with van der Waals surface area (Å²) in [5.74, 6) is 0.144. The topological polar surface area (TPSA) is 55.4 Å². The molecule has 1 fully saturated rings. The maximum Gasteiger partial charge on any atom is 0.230 e. The van der Waals surface area contributed by atoms with Crippen molar-refractivity contribution in [2.75, 3.05) is 7.11 Å². The predicted octanol–water partition coefficient (Wildman–Crippen LogP) is 1.46. The van der Waals surface area contributed by atoms with Crippen molar-refractivity contribution >= 4 is 11.8 Å². The van der Waals surface area contributed by atoms with Crippen molar-refractivity contribution < 1.29 is 14.3 Å². The first kappa shape index (κ1) is 11.6. The van der Waals surface area contributed by atoms with Crippen LogP contribution in [0.1, 0.15) is 24.8 Å². The molecule has 0 aliphatic carbocycles. The molecule has 4 nitrogen and oxygen atoms in total. The van der Waals surface area contributed by atoms with Gasteiger partial charge >= 0.3 is 0 Å². The molecule has 0 spiro atoms. The van der Waals surface area contributed by atoms with Gasteiger partial charge in [0.25, 0.3) is 0 Å². The molecule has 0 bridgehead atoms. The van der Waals surface area contributed by atoms with Crippen LogP contribution in [0.25, 0.3) is 0 Å². The maximum atomic E-state index is 11.6. The van der Waals surface area contributed by atoms with Crippen LogP contribution in [0, 0.1) is 5.92 Å². The zero-order chi connectivity index (χ0) is 12.4. The van der Waals surface area contributed by atoms with Crippen molar-refractivity contribution in [3.63, 3.8) is 0 Å². The van der Waals surface area contributed by atoms with Gasteiger partial charge in [0.2, 0.25) is 11.8 Å². The fourth-order valence-corrected chi connectivity index (χ4v) is 2.13. The van der Waals surface area contributed by atoms with Crippen LogP contribution >= 0.6 is 0 Å². The second-order valence-electron chi connectivity index (χ2n) is 4.29. The molecule has 1 N–H and O–H groups in total. The number of hydrogen-bond donors (Lipinski definition) is 1. The van der Waals surface area contributed by atoms with Gasteiger partial charge in [0.1, 0.15) is 5.75 Å². The van der Waals surface area contributed by atoms with Crippen molar-refractivity contribution in [1.29, 1.82) is 0 Å². The Hall–Kier alpha value is -1.84. The largest absolute Gasteiger partial charge is 0.497 e. The SMILES string of the molecule is COc1cccc(C(C)C2CC(=O)NC2=O)c1. The molecule has 2 atom stereocenters. The second kappa shape index (κ2) is 4.57. The number of nitrogens with one attached hydrogen (secondary N) is 1. The molecule has 4 heteroatoms. The molecule has 0 aromatic heterocycles. The van der Waals surface area contributed by atoms with Crippen LogP contribution < -0.4 is 10.1 Å². The van der Waals surface area contributed by atoms with Crippen molar-refractivity contribution in [2.45, 2.75) is 19.3 Å². The van der Waals surface area contributed by atoms with Gasteiger partial charge in [0, 0.05) is 6.42 Å². The highest BCUT2D eigenvalue weighted by atomic mass is 16.5. The Kier molecular flexibility index (Phi) is 3.13. The second-order valence-corrected chi connectivity index (χ2v) is 4.29. The minimum atomic E-state index is -0.269. The number of amides is 2. The summed E-state index contributed by atoms with van der Waals surface area (Å²) in [6.45, 7) is 1.96. The molecular weight excluding hydrogens is 218 g/mol. The summed E-state index contributed by atoms with van der Waals surface area (Å²) in [4.78, 5) is 22.8. The summed E-state index contributed by atoms with van der Waals surface area (Å²) in [5.41, 5.74) is 1.01. The Morgan fingerprint density at radius 1 is 1.41 bits per heavy atom. The average Bonchev–Trinajstić information content (AvgIpc) is 2.67. The van der Waals surface area contributed by atoms with E-state index >= 15 is 0 Å². The predicted molar refractivity (Wildman–Crippen MR) is 62.7 cm³/mol. The first-order valence-electron chi connectivity index (χ1n) is 5.59. The van der Waals surface area contributed by atoms with Gasteiger partial charge in [-0.25, -0.2) is 0 Å². The summed E-state index contributed by atoms with van der Waals surface area (Å²) in [5, 5.41) is 2.34. The van der Waals surface area contributed by atoms with E-state index in [9.17, 15) is 9.59 Å². The Morgan fingerprint density at radius 3 is 2.76 bits per heavy atom. The van der Waals surface area contributed by atoms with E-state index in [1.54, 1.807) is 7.11 Å². The van der Waals surface area contributed by atoms with Crippen LogP contribution in [0.15, 0.2) is 24.3 Å². The molecule has 2 rings (SSSR count). The number of rotatable bonds is 3. The lowest BCUT2D eigenvalue weighted by Gasteiger charge is -2.17. The van der Waals surface area contributed by atoms with Crippen LogP contribution in [0.2, 0.25) is 0 Å². The highest BCUT2D eigenvalue weighted by molar-refractivity contribution is 6.03. The lowest BCUT2D eigenvalue weighted by molar-refractivity contribution is -0.126. The van der Waals surface area contributed by atoms with E-state index in [0.29, 0.717) is 0 Å². The van der Waals surface area contributed by atoms with Gasteiger partial charge in [0.15, 0.2) is 0 Å². The lowest BCUT2D eigenvalue weighted by atomic mass is 9.86. The van der Waals surface area contributed by atoms with Gasteiger partial charge in [-0.3, -0.25) is 14.9 Å². The summed E-state index contributed by atoms with van der Waals surface area (Å²) in [6.07, 6.45) is 0.275. The van der Waals surface area contributed by atoms with Crippen LogP contribution in [0.3, 0.4) is 0 Å². The first-order valence-corrected chi connectivity index (χ1v) is 5.59. The number of carbonyl (C=O) groups is 2. The molecule has 1 heterocycles. The average molecular weight is 233 g/mol. The molecule has 1 aromatic carbocycles. The standard InChI is InChI=1S/C13H15NO3/c1-8(11-7-12(15)14-13(11)16)9-4-3-5-10(6-9)17-2/h3-6,8,11H,7H2,1-2H3,(H,14,15,16). The molecule has 17 heavy (non-hydrogen) atoms. The Labute approximate surface area is 100.0 Å². The molecule has 0 saturated carbocycles. The Morgan fingerprint density at radius 2 is 2.18 bits per heavy atom. The molecule has 0 radical (unpaired) electrons. The quantitative estimate of drug-likeness (QED) is 0.804. The van der Waals surface area contributed by atoms with Crippen molar-refractivity contribution in [3.8, 4) is 5.75 Å². The van der Waals surface area contributed by atoms with Crippen LogP contribution in [-0.2, 0) is 9.59 Å². The Bertz CT molecular complexity index is 456. The summed E-state index contributed by atoms with van der Waals surface area (Å²) in [7, 11) is 1.61. The van der Waals surface area contributed by atoms with Crippen molar-refractivity contribution in [3.05, 3.63) is 29.8 Å². The van der Waals surface area contributed by atoms with Gasteiger partial charge in [-0.2, -0.15) is 0 Å². The molecule has 1 saturated heterocycles. The van der Waals surface area contributed by atoms with Gasteiger partial charge in [-0.1, -0.05) is 19.1 Å².